The summed E-state index contributed by atoms with van der Waals surface area (Å²) in [7, 11) is 0. The predicted octanol–water partition coefficient (Wildman–Crippen LogP) is 15.7. The van der Waals surface area contributed by atoms with E-state index < -0.39 is 18.2 Å². The molecule has 6 nitrogen and oxygen atoms in total. The van der Waals surface area contributed by atoms with Crippen LogP contribution in [0.5, 0.6) is 0 Å². The molecule has 0 saturated heterocycles. The Kier molecular flexibility index (Phi) is 46.6. The molecule has 0 fully saturated rings. The van der Waals surface area contributed by atoms with Crippen LogP contribution in [0.4, 0.5) is 0 Å². The summed E-state index contributed by atoms with van der Waals surface area (Å²) in [4.78, 5) is 26.1. The molecule has 352 valence electrons. The first-order valence-electron chi connectivity index (χ1n) is 26.2. The Morgan fingerprint density at radius 3 is 1.32 bits per heavy atom. The van der Waals surface area contributed by atoms with Crippen molar-refractivity contribution in [3.05, 3.63) is 36.5 Å². The average Bonchev–Trinajstić information content (AvgIpc) is 3.24. The van der Waals surface area contributed by atoms with Gasteiger partial charge in [-0.25, -0.2) is 0 Å². The second-order valence-corrected chi connectivity index (χ2v) is 17.9. The molecule has 1 amide bonds. The van der Waals surface area contributed by atoms with Crippen LogP contribution in [0, 0.1) is 0 Å². The molecule has 0 aromatic carbocycles. The zero-order valence-corrected chi connectivity index (χ0v) is 40.1. The lowest BCUT2D eigenvalue weighted by Crippen LogP contribution is -2.46. The first-order valence-corrected chi connectivity index (χ1v) is 26.2. The van der Waals surface area contributed by atoms with Crippen molar-refractivity contribution in [2.45, 2.75) is 289 Å². The van der Waals surface area contributed by atoms with Gasteiger partial charge in [0.05, 0.1) is 25.2 Å². The molecule has 0 heterocycles. The fourth-order valence-corrected chi connectivity index (χ4v) is 7.93. The fraction of sp³-hybridized carbons (Fsp3) is 0.852. The minimum atomic E-state index is -0.789. The summed E-state index contributed by atoms with van der Waals surface area (Å²) in [6.07, 6.45) is 56.3. The SMILES string of the molecule is CCCCC/C=C\C/C=C\CCCCCCCCCC(CC(=O)NC(CO)C(O)CCCCCCCCCCCCCC)OC(=O)CCCCCCC/C=C\CCCCC. The lowest BCUT2D eigenvalue weighted by Gasteiger charge is -2.24. The van der Waals surface area contributed by atoms with Gasteiger partial charge in [-0.15, -0.1) is 0 Å². The molecule has 3 N–H and O–H groups in total. The van der Waals surface area contributed by atoms with E-state index in [0.29, 0.717) is 19.3 Å². The van der Waals surface area contributed by atoms with Gasteiger partial charge in [0, 0.05) is 6.42 Å². The number of aliphatic hydroxyl groups excluding tert-OH is 2. The highest BCUT2D eigenvalue weighted by atomic mass is 16.5. The van der Waals surface area contributed by atoms with Gasteiger partial charge in [0.1, 0.15) is 6.10 Å². The molecule has 0 aliphatic heterocycles. The zero-order chi connectivity index (χ0) is 43.8. The third kappa shape index (κ3) is 42.8. The van der Waals surface area contributed by atoms with E-state index >= 15 is 0 Å². The second-order valence-electron chi connectivity index (χ2n) is 17.9. The van der Waals surface area contributed by atoms with Gasteiger partial charge in [-0.1, -0.05) is 211 Å². The van der Waals surface area contributed by atoms with E-state index in [1.807, 2.05) is 0 Å². The summed E-state index contributed by atoms with van der Waals surface area (Å²) >= 11 is 0. The molecule has 0 spiro atoms. The number of nitrogens with one attached hydrogen (secondary N) is 1. The second kappa shape index (κ2) is 48.1. The Balaban J connectivity index is 4.59. The lowest BCUT2D eigenvalue weighted by atomic mass is 10.0. The standard InChI is InChI=1S/C54H101NO5/c1-4-7-10-13-16-19-22-25-26-27-28-29-30-33-36-39-42-45-50(60-54(59)47-44-41-38-35-32-24-21-18-15-12-9-6-3)48-53(58)55-51(49-56)52(57)46-43-40-37-34-31-23-20-17-14-11-8-5-2/h16,18-19,21,25-26,50-52,56-57H,4-15,17,20,22-24,27-49H2,1-3H3,(H,55,58)/b19-16-,21-18-,26-25-. The van der Waals surface area contributed by atoms with Gasteiger partial charge in [-0.2, -0.15) is 0 Å². The fourth-order valence-electron chi connectivity index (χ4n) is 7.93. The zero-order valence-electron chi connectivity index (χ0n) is 40.1. The van der Waals surface area contributed by atoms with Gasteiger partial charge in [0.25, 0.3) is 0 Å². The van der Waals surface area contributed by atoms with E-state index in [2.05, 4.69) is 62.5 Å². The molecule has 6 heteroatoms. The van der Waals surface area contributed by atoms with Crippen LogP contribution in [0.25, 0.3) is 0 Å². The van der Waals surface area contributed by atoms with E-state index in [4.69, 9.17) is 4.74 Å². The summed E-state index contributed by atoms with van der Waals surface area (Å²) < 4.78 is 5.93. The van der Waals surface area contributed by atoms with E-state index in [9.17, 15) is 19.8 Å². The molecular formula is C54H101NO5. The Hall–Kier alpha value is -1.92. The van der Waals surface area contributed by atoms with Gasteiger partial charge in [-0.3, -0.25) is 9.59 Å². The first-order chi connectivity index (χ1) is 29.5. The summed E-state index contributed by atoms with van der Waals surface area (Å²) in [5.41, 5.74) is 0. The minimum absolute atomic E-state index is 0.0711. The van der Waals surface area contributed by atoms with Gasteiger partial charge in [-0.05, 0) is 83.5 Å². The Labute approximate surface area is 373 Å². The highest BCUT2D eigenvalue weighted by Gasteiger charge is 2.24. The number of carbonyl (C=O) groups is 2. The number of amides is 1. The largest absolute Gasteiger partial charge is 0.462 e. The highest BCUT2D eigenvalue weighted by Crippen LogP contribution is 2.18. The molecule has 0 radical (unpaired) electrons. The molecule has 0 bridgehead atoms. The Bertz CT molecular complexity index is 993. The van der Waals surface area contributed by atoms with Crippen LogP contribution in [0.1, 0.15) is 271 Å². The molecule has 3 atom stereocenters. The van der Waals surface area contributed by atoms with Crippen LogP contribution in [0.3, 0.4) is 0 Å². The van der Waals surface area contributed by atoms with Crippen molar-refractivity contribution in [3.63, 3.8) is 0 Å². The third-order valence-corrected chi connectivity index (χ3v) is 11.9. The van der Waals surface area contributed by atoms with Crippen molar-refractivity contribution in [2.24, 2.45) is 0 Å². The van der Waals surface area contributed by atoms with Gasteiger partial charge in [0.15, 0.2) is 0 Å². The number of rotatable bonds is 47. The molecule has 0 aliphatic rings. The summed E-state index contributed by atoms with van der Waals surface area (Å²) in [5.74, 6) is -0.484. The van der Waals surface area contributed by atoms with Crippen molar-refractivity contribution < 1.29 is 24.5 Å². The van der Waals surface area contributed by atoms with E-state index in [-0.39, 0.29) is 24.9 Å². The number of unbranched alkanes of at least 4 members (excludes halogenated alkanes) is 29. The minimum Gasteiger partial charge on any atom is -0.462 e. The van der Waals surface area contributed by atoms with E-state index in [1.54, 1.807) is 0 Å². The molecule has 60 heavy (non-hydrogen) atoms. The molecular weight excluding hydrogens is 743 g/mol. The normalized spacial score (nSPS) is 13.5. The quantitative estimate of drug-likeness (QED) is 0.0322. The molecule has 0 aromatic heterocycles. The predicted molar refractivity (Wildman–Crippen MR) is 259 cm³/mol. The Morgan fingerprint density at radius 1 is 0.483 bits per heavy atom. The van der Waals surface area contributed by atoms with Crippen LogP contribution < -0.4 is 5.32 Å². The number of allylic oxidation sites excluding steroid dienone is 6. The van der Waals surface area contributed by atoms with Gasteiger partial charge < -0.3 is 20.3 Å². The smallest absolute Gasteiger partial charge is 0.306 e. The van der Waals surface area contributed by atoms with Crippen molar-refractivity contribution in [1.29, 1.82) is 0 Å². The molecule has 0 saturated carbocycles. The monoisotopic (exact) mass is 844 g/mol. The summed E-state index contributed by atoms with van der Waals surface area (Å²) in [6.45, 7) is 6.44. The molecule has 0 aliphatic carbocycles. The molecule has 0 rings (SSSR count). The number of hydrogen-bond donors (Lipinski definition) is 3. The van der Waals surface area contributed by atoms with Crippen molar-refractivity contribution >= 4 is 11.9 Å². The number of aliphatic hydroxyl groups is 2. The third-order valence-electron chi connectivity index (χ3n) is 11.9. The van der Waals surface area contributed by atoms with Crippen LogP contribution >= 0.6 is 0 Å². The van der Waals surface area contributed by atoms with E-state index in [1.165, 1.54) is 148 Å². The van der Waals surface area contributed by atoms with Crippen LogP contribution in [0.2, 0.25) is 0 Å². The maximum atomic E-state index is 13.2. The average molecular weight is 844 g/mol. The number of esters is 1. The van der Waals surface area contributed by atoms with E-state index in [0.717, 1.165) is 77.0 Å². The number of carbonyl (C=O) groups excluding carboxylic acids is 2. The van der Waals surface area contributed by atoms with Crippen LogP contribution in [-0.4, -0.2) is 46.9 Å². The summed E-state index contributed by atoms with van der Waals surface area (Å²) in [5, 5.41) is 23.8. The topological polar surface area (TPSA) is 95.9 Å². The van der Waals surface area contributed by atoms with Gasteiger partial charge in [0.2, 0.25) is 5.91 Å². The first kappa shape index (κ1) is 58.1. The lowest BCUT2D eigenvalue weighted by molar-refractivity contribution is -0.151. The summed E-state index contributed by atoms with van der Waals surface area (Å²) in [6, 6.07) is -0.703. The van der Waals surface area contributed by atoms with Gasteiger partial charge >= 0.3 is 5.97 Å². The Morgan fingerprint density at radius 2 is 0.850 bits per heavy atom. The van der Waals surface area contributed by atoms with Crippen LogP contribution in [-0.2, 0) is 14.3 Å². The van der Waals surface area contributed by atoms with Crippen LogP contribution in [0.15, 0.2) is 36.5 Å². The molecule has 0 aromatic rings. The highest BCUT2D eigenvalue weighted by molar-refractivity contribution is 5.77. The maximum absolute atomic E-state index is 13.2. The molecule has 3 unspecified atom stereocenters. The van der Waals surface area contributed by atoms with Crippen molar-refractivity contribution in [1.82, 2.24) is 5.32 Å². The number of ether oxygens (including phenoxy) is 1. The van der Waals surface area contributed by atoms with Crippen molar-refractivity contribution in [3.8, 4) is 0 Å². The maximum Gasteiger partial charge on any atom is 0.306 e. The van der Waals surface area contributed by atoms with Crippen molar-refractivity contribution in [2.75, 3.05) is 6.61 Å². The number of hydrogen-bond acceptors (Lipinski definition) is 5.